The molecular weight excluding hydrogens is 258 g/mol. The Kier molecular flexibility index (Phi) is 2.98. The predicted molar refractivity (Wildman–Crippen MR) is 78.7 cm³/mol. The van der Waals surface area contributed by atoms with Crippen LogP contribution in [0.1, 0.15) is 10.5 Å². The zero-order valence-corrected chi connectivity index (χ0v) is 11.5. The number of rotatable bonds is 1. The van der Waals surface area contributed by atoms with Crippen molar-refractivity contribution < 1.29 is 4.79 Å². The van der Waals surface area contributed by atoms with Gasteiger partial charge in [0.2, 0.25) is 0 Å². The Hall–Kier alpha value is -1.88. The van der Waals surface area contributed by atoms with Gasteiger partial charge in [0.05, 0.1) is 11.4 Å². The molecule has 5 heteroatoms. The highest BCUT2D eigenvalue weighted by Gasteiger charge is 2.25. The second-order valence-corrected chi connectivity index (χ2v) is 5.68. The van der Waals surface area contributed by atoms with Crippen LogP contribution in [0.3, 0.4) is 0 Å². The second-order valence-electron chi connectivity index (χ2n) is 4.54. The summed E-state index contributed by atoms with van der Waals surface area (Å²) in [6, 6.07) is 9.74. The number of hydrogen-bond acceptors (Lipinski definition) is 3. The minimum atomic E-state index is 0.00644. The molecule has 19 heavy (non-hydrogen) atoms. The van der Waals surface area contributed by atoms with Crippen LogP contribution in [0.4, 0.5) is 11.4 Å². The van der Waals surface area contributed by atoms with Gasteiger partial charge in [-0.05, 0) is 18.2 Å². The molecule has 2 aromatic rings. The number of aryl methyl sites for hydroxylation is 1. The van der Waals surface area contributed by atoms with Gasteiger partial charge in [-0.25, -0.2) is 0 Å². The van der Waals surface area contributed by atoms with Crippen molar-refractivity contribution in [2.24, 2.45) is 7.05 Å². The molecule has 0 atom stereocenters. The average Bonchev–Trinajstić information content (AvgIpc) is 2.76. The number of fused-ring (bicyclic) bond motifs is 1. The van der Waals surface area contributed by atoms with Crippen LogP contribution in [0.2, 0.25) is 0 Å². The minimum Gasteiger partial charge on any atom is -0.397 e. The smallest absolute Gasteiger partial charge is 0.275 e. The Morgan fingerprint density at radius 1 is 1.37 bits per heavy atom. The fourth-order valence-corrected chi connectivity index (χ4v) is 3.32. The van der Waals surface area contributed by atoms with E-state index in [1.165, 1.54) is 0 Å². The molecule has 2 N–H and O–H groups in total. The van der Waals surface area contributed by atoms with Crippen LogP contribution in [0.5, 0.6) is 0 Å². The molecular formula is C14H15N3OS. The first kappa shape index (κ1) is 12.2. The maximum atomic E-state index is 12.6. The van der Waals surface area contributed by atoms with Crippen LogP contribution in [-0.4, -0.2) is 22.8 Å². The lowest BCUT2D eigenvalue weighted by atomic mass is 10.2. The predicted octanol–water partition coefficient (Wildman–Crippen LogP) is 2.36. The lowest BCUT2D eigenvalue weighted by Crippen LogP contribution is -2.36. The van der Waals surface area contributed by atoms with Crippen molar-refractivity contribution in [3.05, 3.63) is 42.2 Å². The number of aromatic nitrogens is 1. The van der Waals surface area contributed by atoms with Crippen molar-refractivity contribution >= 4 is 29.0 Å². The van der Waals surface area contributed by atoms with Gasteiger partial charge in [0.1, 0.15) is 5.69 Å². The summed E-state index contributed by atoms with van der Waals surface area (Å²) in [5.41, 5.74) is 7.98. The van der Waals surface area contributed by atoms with E-state index in [4.69, 9.17) is 5.73 Å². The summed E-state index contributed by atoms with van der Waals surface area (Å²) in [6.07, 6.45) is 1.76. The third-order valence-electron chi connectivity index (χ3n) is 3.22. The van der Waals surface area contributed by atoms with Crippen molar-refractivity contribution in [1.82, 2.24) is 4.57 Å². The van der Waals surface area contributed by atoms with Crippen molar-refractivity contribution in [2.45, 2.75) is 4.90 Å². The molecule has 1 aliphatic heterocycles. The number of amides is 1. The highest BCUT2D eigenvalue weighted by Crippen LogP contribution is 2.35. The van der Waals surface area contributed by atoms with E-state index in [1.54, 1.807) is 28.6 Å². The van der Waals surface area contributed by atoms with Gasteiger partial charge < -0.3 is 15.2 Å². The van der Waals surface area contributed by atoms with E-state index < -0.39 is 0 Å². The fraction of sp³-hybridized carbons (Fsp3) is 0.214. The molecule has 0 spiro atoms. The summed E-state index contributed by atoms with van der Waals surface area (Å²) in [5, 5.41) is 0. The van der Waals surface area contributed by atoms with Gasteiger partial charge in [0.15, 0.2) is 0 Å². The topological polar surface area (TPSA) is 51.3 Å². The SMILES string of the molecule is Cn1cc(N)cc1C(=O)N1CCSc2ccccc21. The van der Waals surface area contributed by atoms with Gasteiger partial charge in [0.25, 0.3) is 5.91 Å². The molecule has 2 heterocycles. The fourth-order valence-electron chi connectivity index (χ4n) is 2.32. The first-order valence-corrected chi connectivity index (χ1v) is 7.11. The number of thioether (sulfide) groups is 1. The van der Waals surface area contributed by atoms with Crippen LogP contribution in [0.15, 0.2) is 41.4 Å². The van der Waals surface area contributed by atoms with Gasteiger partial charge in [-0.2, -0.15) is 0 Å². The molecule has 98 valence electrons. The molecule has 4 nitrogen and oxygen atoms in total. The summed E-state index contributed by atoms with van der Waals surface area (Å²) in [4.78, 5) is 15.6. The molecule has 0 fully saturated rings. The van der Waals surface area contributed by atoms with Crippen molar-refractivity contribution in [1.29, 1.82) is 0 Å². The molecule has 0 saturated carbocycles. The number of anilines is 2. The lowest BCUT2D eigenvalue weighted by Gasteiger charge is -2.29. The van der Waals surface area contributed by atoms with E-state index >= 15 is 0 Å². The minimum absolute atomic E-state index is 0.00644. The van der Waals surface area contributed by atoms with E-state index in [1.807, 2.05) is 30.1 Å². The zero-order chi connectivity index (χ0) is 13.4. The Bertz CT molecular complexity index is 635. The second kappa shape index (κ2) is 4.66. The molecule has 1 aromatic heterocycles. The van der Waals surface area contributed by atoms with E-state index in [0.29, 0.717) is 11.4 Å². The summed E-state index contributed by atoms with van der Waals surface area (Å²) >= 11 is 1.79. The normalized spacial score (nSPS) is 14.3. The lowest BCUT2D eigenvalue weighted by molar-refractivity contribution is 0.0980. The third kappa shape index (κ3) is 2.10. The number of nitrogens with zero attached hydrogens (tertiary/aromatic N) is 2. The van der Waals surface area contributed by atoms with Crippen LogP contribution in [0.25, 0.3) is 0 Å². The maximum absolute atomic E-state index is 12.6. The van der Waals surface area contributed by atoms with Gasteiger partial charge in [0, 0.05) is 30.4 Å². The largest absolute Gasteiger partial charge is 0.397 e. The van der Waals surface area contributed by atoms with Gasteiger partial charge in [-0.3, -0.25) is 4.79 Å². The standard InChI is InChI=1S/C14H15N3OS/c1-16-9-10(15)8-12(16)14(18)17-6-7-19-13-5-3-2-4-11(13)17/h2-5,8-9H,6-7,15H2,1H3. The summed E-state index contributed by atoms with van der Waals surface area (Å²) < 4.78 is 1.78. The van der Waals surface area contributed by atoms with Crippen LogP contribution < -0.4 is 10.6 Å². The van der Waals surface area contributed by atoms with Crippen LogP contribution in [0, 0.1) is 0 Å². The summed E-state index contributed by atoms with van der Waals surface area (Å²) in [6.45, 7) is 0.728. The third-order valence-corrected chi connectivity index (χ3v) is 4.26. The highest BCUT2D eigenvalue weighted by atomic mass is 32.2. The molecule has 3 rings (SSSR count). The quantitative estimate of drug-likeness (QED) is 0.867. The molecule has 0 unspecified atom stereocenters. The van der Waals surface area contributed by atoms with E-state index in [-0.39, 0.29) is 5.91 Å². The van der Waals surface area contributed by atoms with Crippen molar-refractivity contribution in [3.8, 4) is 0 Å². The monoisotopic (exact) mass is 273 g/mol. The number of carbonyl (C=O) groups is 1. The number of benzene rings is 1. The Morgan fingerprint density at radius 2 is 2.16 bits per heavy atom. The Labute approximate surface area is 116 Å². The zero-order valence-electron chi connectivity index (χ0n) is 10.7. The first-order chi connectivity index (χ1) is 9.16. The average molecular weight is 273 g/mol. The maximum Gasteiger partial charge on any atom is 0.275 e. The van der Waals surface area contributed by atoms with Crippen LogP contribution >= 0.6 is 11.8 Å². The molecule has 0 aliphatic carbocycles. The highest BCUT2D eigenvalue weighted by molar-refractivity contribution is 7.99. The van der Waals surface area contributed by atoms with E-state index in [9.17, 15) is 4.79 Å². The Balaban J connectivity index is 2.00. The number of nitrogens with two attached hydrogens (primary N) is 1. The molecule has 1 aliphatic rings. The number of carbonyl (C=O) groups excluding carboxylic acids is 1. The van der Waals surface area contributed by atoms with E-state index in [0.717, 1.165) is 22.9 Å². The number of nitrogen functional groups attached to an aromatic ring is 1. The number of para-hydroxylation sites is 1. The molecule has 0 bridgehead atoms. The van der Waals surface area contributed by atoms with Gasteiger partial charge in [-0.1, -0.05) is 12.1 Å². The molecule has 1 aromatic carbocycles. The summed E-state index contributed by atoms with van der Waals surface area (Å²) in [7, 11) is 1.84. The van der Waals surface area contributed by atoms with Crippen molar-refractivity contribution in [2.75, 3.05) is 22.9 Å². The van der Waals surface area contributed by atoms with E-state index in [2.05, 4.69) is 6.07 Å². The molecule has 0 saturated heterocycles. The Morgan fingerprint density at radius 3 is 2.89 bits per heavy atom. The van der Waals surface area contributed by atoms with Crippen LogP contribution in [-0.2, 0) is 7.05 Å². The molecule has 0 radical (unpaired) electrons. The van der Waals surface area contributed by atoms with Gasteiger partial charge >= 0.3 is 0 Å². The number of hydrogen-bond donors (Lipinski definition) is 1. The first-order valence-electron chi connectivity index (χ1n) is 6.12. The summed E-state index contributed by atoms with van der Waals surface area (Å²) in [5.74, 6) is 0.926. The molecule has 1 amide bonds. The van der Waals surface area contributed by atoms with Gasteiger partial charge in [-0.15, -0.1) is 11.8 Å². The van der Waals surface area contributed by atoms with Crippen molar-refractivity contribution in [3.63, 3.8) is 0 Å².